The molecule has 0 amide bonds. The molecule has 2 aliphatic heterocycles. The minimum Gasteiger partial charge on any atom is -0.657 e. The van der Waals surface area contributed by atoms with E-state index in [0.717, 1.165) is 11.4 Å². The van der Waals surface area contributed by atoms with Crippen molar-refractivity contribution < 1.29 is 22.4 Å². The summed E-state index contributed by atoms with van der Waals surface area (Å²) in [5.74, 6) is 1.92. The topological polar surface area (TPSA) is 20.6 Å². The van der Waals surface area contributed by atoms with E-state index in [0.29, 0.717) is 23.7 Å². The SMILES string of the molecule is C1=Cc2ccccc2[N-]c2ccccc21.CC(C)c1cccc(C(C)C)c1N1C=CN(c2c(C(C)C)cccc2C(C)C)[CH-]1.[Au]. The Balaban J connectivity index is 0.000000240. The zero-order chi connectivity index (χ0) is 31.4. The first-order valence-corrected chi connectivity index (χ1v) is 16.1. The van der Waals surface area contributed by atoms with Crippen LogP contribution in [0.5, 0.6) is 0 Å². The average molecular weight is 779 g/mol. The molecule has 4 aromatic carbocycles. The molecule has 2 heterocycles. The van der Waals surface area contributed by atoms with Gasteiger partial charge >= 0.3 is 0 Å². The summed E-state index contributed by atoms with van der Waals surface area (Å²) < 4.78 is 0. The Morgan fingerprint density at radius 1 is 0.467 bits per heavy atom. The average Bonchev–Trinajstić information content (AvgIpc) is 3.42. The third kappa shape index (κ3) is 7.66. The summed E-state index contributed by atoms with van der Waals surface area (Å²) in [5, 5.41) is 4.64. The Morgan fingerprint density at radius 3 is 1.13 bits per heavy atom. The van der Waals surface area contributed by atoms with Gasteiger partial charge in [-0.05, 0) is 69.5 Å². The smallest absolute Gasteiger partial charge is 0.0195 e. The van der Waals surface area contributed by atoms with E-state index < -0.39 is 0 Å². The van der Waals surface area contributed by atoms with Crippen molar-refractivity contribution in [3.8, 4) is 0 Å². The summed E-state index contributed by atoms with van der Waals surface area (Å²) in [7, 11) is 0. The van der Waals surface area contributed by atoms with E-state index in [1.807, 2.05) is 36.4 Å². The van der Waals surface area contributed by atoms with Gasteiger partial charge in [-0.2, -0.15) is 0 Å². The van der Waals surface area contributed by atoms with E-state index in [9.17, 15) is 0 Å². The molecule has 0 bridgehead atoms. The molecule has 3 nitrogen and oxygen atoms in total. The summed E-state index contributed by atoms with van der Waals surface area (Å²) in [5.41, 5.74) is 12.7. The molecule has 0 unspecified atom stereocenters. The van der Waals surface area contributed by atoms with Gasteiger partial charge < -0.3 is 15.1 Å². The molecule has 0 spiro atoms. The van der Waals surface area contributed by atoms with E-state index in [-0.39, 0.29) is 22.4 Å². The van der Waals surface area contributed by atoms with Crippen LogP contribution in [-0.2, 0) is 22.4 Å². The second-order valence-corrected chi connectivity index (χ2v) is 13.0. The first-order valence-electron chi connectivity index (χ1n) is 16.1. The normalized spacial score (nSPS) is 13.3. The van der Waals surface area contributed by atoms with Gasteiger partial charge in [-0.3, -0.25) is 0 Å². The van der Waals surface area contributed by atoms with Crippen LogP contribution in [-0.4, -0.2) is 0 Å². The van der Waals surface area contributed by atoms with E-state index in [2.05, 4.69) is 150 Å². The van der Waals surface area contributed by atoms with Crippen LogP contribution in [0.1, 0.15) is 112 Å². The van der Waals surface area contributed by atoms with E-state index in [1.165, 1.54) is 44.8 Å². The number of rotatable bonds is 6. The Bertz CT molecular complexity index is 1480. The molecule has 0 aliphatic carbocycles. The third-order valence-corrected chi connectivity index (χ3v) is 8.39. The summed E-state index contributed by atoms with van der Waals surface area (Å²) in [6.45, 7) is 20.5. The molecule has 239 valence electrons. The number of para-hydroxylation sites is 4. The number of anilines is 2. The van der Waals surface area contributed by atoms with Crippen LogP contribution in [0.4, 0.5) is 22.7 Å². The van der Waals surface area contributed by atoms with E-state index >= 15 is 0 Å². The fraction of sp³-hybridized carbons (Fsp3) is 0.293. The number of fused-ring (bicyclic) bond motifs is 2. The molecule has 6 rings (SSSR count). The maximum absolute atomic E-state index is 4.64. The van der Waals surface area contributed by atoms with Gasteiger partial charge in [0.2, 0.25) is 0 Å². The summed E-state index contributed by atoms with van der Waals surface area (Å²) in [4.78, 5) is 4.65. The molecule has 0 saturated carbocycles. The van der Waals surface area contributed by atoms with Crippen LogP contribution in [0.25, 0.3) is 17.5 Å². The van der Waals surface area contributed by atoms with Crippen LogP contribution in [0.15, 0.2) is 97.3 Å². The van der Waals surface area contributed by atoms with Crippen molar-refractivity contribution in [1.29, 1.82) is 0 Å². The third-order valence-electron chi connectivity index (χ3n) is 8.39. The number of hydrogen-bond acceptors (Lipinski definition) is 2. The molecule has 0 aromatic heterocycles. The van der Waals surface area contributed by atoms with Gasteiger partial charge in [0, 0.05) is 33.8 Å². The zero-order valence-electron chi connectivity index (χ0n) is 27.9. The van der Waals surface area contributed by atoms with Crippen LogP contribution >= 0.6 is 0 Å². The standard InChI is InChI=1S/C27H37N2.C14H10N.Au/c1-18(2)22-11-9-12-23(19(3)4)26(22)28-15-16-29(17-28)27-24(20(5)6)13-10-14-25(27)21(7)8;1-3-7-13-11(5-1)9-10-12-6-2-4-8-14(12)15-13;/h9-21H,1-8H3;1-10H;/q2*-1;. The summed E-state index contributed by atoms with van der Waals surface area (Å²) in [6.07, 6.45) is 8.66. The van der Waals surface area contributed by atoms with Gasteiger partial charge in [0.15, 0.2) is 0 Å². The van der Waals surface area contributed by atoms with Crippen LogP contribution < -0.4 is 9.80 Å². The van der Waals surface area contributed by atoms with Gasteiger partial charge in [-0.1, -0.05) is 152 Å². The number of nitrogens with zero attached hydrogens (tertiary/aromatic N) is 3. The number of benzene rings is 4. The van der Waals surface area contributed by atoms with Crippen molar-refractivity contribution in [2.45, 2.75) is 79.1 Å². The van der Waals surface area contributed by atoms with E-state index in [1.54, 1.807) is 0 Å². The first kappa shape index (κ1) is 34.4. The maximum Gasteiger partial charge on any atom is 0.0195 e. The Labute approximate surface area is 287 Å². The quantitative estimate of drug-likeness (QED) is 0.126. The molecule has 4 heteroatoms. The fourth-order valence-corrected chi connectivity index (χ4v) is 6.01. The summed E-state index contributed by atoms with van der Waals surface area (Å²) >= 11 is 0. The molecule has 0 N–H and O–H groups in total. The van der Waals surface area contributed by atoms with Crippen molar-refractivity contribution in [1.82, 2.24) is 0 Å². The Hall–Kier alpha value is -3.50. The van der Waals surface area contributed by atoms with Gasteiger partial charge in [-0.15, -0.1) is 18.0 Å². The molecule has 2 aliphatic rings. The van der Waals surface area contributed by atoms with Crippen molar-refractivity contribution in [3.05, 3.63) is 143 Å². The minimum absolute atomic E-state index is 0. The van der Waals surface area contributed by atoms with Gasteiger partial charge in [0.1, 0.15) is 0 Å². The monoisotopic (exact) mass is 778 g/mol. The first-order chi connectivity index (χ1) is 21.2. The van der Waals surface area contributed by atoms with Crippen LogP contribution in [0, 0.1) is 6.67 Å². The van der Waals surface area contributed by atoms with Crippen molar-refractivity contribution in [3.63, 3.8) is 0 Å². The molecule has 1 radical (unpaired) electrons. The predicted molar refractivity (Wildman–Crippen MR) is 192 cm³/mol. The summed E-state index contributed by atoms with van der Waals surface area (Å²) in [6, 6.07) is 29.9. The fourth-order valence-electron chi connectivity index (χ4n) is 6.01. The maximum atomic E-state index is 4.64. The molecule has 0 saturated heterocycles. The van der Waals surface area contributed by atoms with Crippen LogP contribution in [0.2, 0.25) is 0 Å². The molecule has 4 aromatic rings. The van der Waals surface area contributed by atoms with Gasteiger partial charge in [-0.25, -0.2) is 0 Å². The predicted octanol–water partition coefficient (Wildman–Crippen LogP) is 12.6. The molecule has 0 fully saturated rings. The van der Waals surface area contributed by atoms with Crippen molar-refractivity contribution in [2.75, 3.05) is 9.80 Å². The minimum atomic E-state index is 0. The second kappa shape index (κ2) is 15.2. The van der Waals surface area contributed by atoms with Gasteiger partial charge in [0.05, 0.1) is 0 Å². The molecule has 0 atom stereocenters. The van der Waals surface area contributed by atoms with Crippen LogP contribution in [0.3, 0.4) is 0 Å². The second-order valence-electron chi connectivity index (χ2n) is 13.0. The van der Waals surface area contributed by atoms with Gasteiger partial charge in [0.25, 0.3) is 0 Å². The molecular formula is C41H47AuN3-2. The van der Waals surface area contributed by atoms with Crippen molar-refractivity contribution >= 4 is 34.9 Å². The largest absolute Gasteiger partial charge is 0.657 e. The molecular weight excluding hydrogens is 731 g/mol. The van der Waals surface area contributed by atoms with E-state index in [4.69, 9.17) is 0 Å². The zero-order valence-corrected chi connectivity index (χ0v) is 30.1. The number of hydrogen-bond donors (Lipinski definition) is 0. The molecule has 45 heavy (non-hydrogen) atoms. The van der Waals surface area contributed by atoms with Crippen molar-refractivity contribution in [2.24, 2.45) is 0 Å². The Kier molecular flexibility index (Phi) is 11.6. The Morgan fingerprint density at radius 2 is 0.800 bits per heavy atom.